The summed E-state index contributed by atoms with van der Waals surface area (Å²) in [5.74, 6) is 1.85. The molecule has 1 aliphatic rings. The first-order valence-corrected chi connectivity index (χ1v) is 6.82. The predicted octanol–water partition coefficient (Wildman–Crippen LogP) is 5.64. The van der Waals surface area contributed by atoms with Gasteiger partial charge >= 0.3 is 0 Å². The first-order valence-electron chi connectivity index (χ1n) is 6.82. The lowest BCUT2D eigenvalue weighted by Crippen LogP contribution is -2.03. The van der Waals surface area contributed by atoms with Gasteiger partial charge in [0.1, 0.15) is 0 Å². The highest BCUT2D eigenvalue weighted by Crippen LogP contribution is 2.28. The Morgan fingerprint density at radius 2 is 1.75 bits per heavy atom. The van der Waals surface area contributed by atoms with Gasteiger partial charge in [-0.1, -0.05) is 47.1 Å². The van der Waals surface area contributed by atoms with E-state index >= 15 is 0 Å². The van der Waals surface area contributed by atoms with E-state index < -0.39 is 0 Å². The zero-order chi connectivity index (χ0) is 13.0. The standard InChI is InChI=1S/C8H17F.C5H8.C2H6/c1-4-7(2)5-8(3)6-9;1-2-5-3-4-5;1-2/h7-8H,4-6H2,1-3H3;2,5H,1,3-4H2;1-2H3. The third-order valence-corrected chi connectivity index (χ3v) is 2.72. The summed E-state index contributed by atoms with van der Waals surface area (Å²) >= 11 is 0. The molecule has 0 radical (unpaired) electrons. The van der Waals surface area contributed by atoms with Crippen molar-refractivity contribution in [1.82, 2.24) is 0 Å². The highest BCUT2D eigenvalue weighted by molar-refractivity contribution is 4.88. The zero-order valence-electron chi connectivity index (χ0n) is 11.9. The Bertz CT molecular complexity index is 130. The lowest BCUT2D eigenvalue weighted by Gasteiger charge is -2.11. The fourth-order valence-corrected chi connectivity index (χ4v) is 1.25. The summed E-state index contributed by atoms with van der Waals surface area (Å²) in [7, 11) is 0. The second-order valence-corrected chi connectivity index (χ2v) is 4.58. The van der Waals surface area contributed by atoms with Gasteiger partial charge in [-0.3, -0.25) is 4.39 Å². The van der Waals surface area contributed by atoms with Crippen LogP contribution in [0.2, 0.25) is 0 Å². The Labute approximate surface area is 102 Å². The molecule has 0 N–H and O–H groups in total. The van der Waals surface area contributed by atoms with Gasteiger partial charge in [0.2, 0.25) is 0 Å². The summed E-state index contributed by atoms with van der Waals surface area (Å²) in [6.07, 6.45) is 7.02. The molecule has 1 fully saturated rings. The molecule has 0 heterocycles. The molecular formula is C15H31F. The Kier molecular flexibility index (Phi) is 14.4. The van der Waals surface area contributed by atoms with E-state index in [4.69, 9.17) is 0 Å². The molecular weight excluding hydrogens is 199 g/mol. The van der Waals surface area contributed by atoms with E-state index in [1.807, 2.05) is 26.8 Å². The Hall–Kier alpha value is -0.330. The maximum atomic E-state index is 11.9. The fraction of sp³-hybridized carbons (Fsp3) is 0.867. The normalized spacial score (nSPS) is 17.1. The monoisotopic (exact) mass is 230 g/mol. The van der Waals surface area contributed by atoms with E-state index in [9.17, 15) is 4.39 Å². The second kappa shape index (κ2) is 12.7. The summed E-state index contributed by atoms with van der Waals surface area (Å²) in [5, 5.41) is 0. The van der Waals surface area contributed by atoms with Crippen LogP contribution in [0.4, 0.5) is 4.39 Å². The number of hydrogen-bond acceptors (Lipinski definition) is 0. The van der Waals surface area contributed by atoms with Gasteiger partial charge in [-0.15, -0.1) is 6.58 Å². The molecule has 0 spiro atoms. The van der Waals surface area contributed by atoms with Crippen molar-refractivity contribution in [2.45, 2.75) is 60.3 Å². The molecule has 0 bridgehead atoms. The van der Waals surface area contributed by atoms with Gasteiger partial charge in [0.05, 0.1) is 6.67 Å². The number of halogens is 1. The smallest absolute Gasteiger partial charge is 0.0920 e. The van der Waals surface area contributed by atoms with Crippen LogP contribution < -0.4 is 0 Å². The van der Waals surface area contributed by atoms with Crippen molar-refractivity contribution in [1.29, 1.82) is 0 Å². The van der Waals surface area contributed by atoms with Gasteiger partial charge in [-0.2, -0.15) is 0 Å². The first kappa shape index (κ1) is 18.0. The quantitative estimate of drug-likeness (QED) is 0.536. The van der Waals surface area contributed by atoms with Gasteiger partial charge in [0.15, 0.2) is 0 Å². The maximum Gasteiger partial charge on any atom is 0.0920 e. The van der Waals surface area contributed by atoms with Crippen molar-refractivity contribution in [3.63, 3.8) is 0 Å². The van der Waals surface area contributed by atoms with Gasteiger partial charge in [0, 0.05) is 0 Å². The number of rotatable bonds is 5. The SMILES string of the molecule is C=CC1CC1.CC.CCC(C)CC(C)CF. The van der Waals surface area contributed by atoms with Gasteiger partial charge in [-0.25, -0.2) is 0 Å². The lowest BCUT2D eigenvalue weighted by molar-refractivity contribution is 0.320. The van der Waals surface area contributed by atoms with E-state index in [0.29, 0.717) is 5.92 Å². The summed E-state index contributed by atoms with van der Waals surface area (Å²) in [6.45, 7) is 13.7. The van der Waals surface area contributed by atoms with E-state index in [2.05, 4.69) is 20.4 Å². The fourth-order valence-electron chi connectivity index (χ4n) is 1.25. The maximum absolute atomic E-state index is 11.9. The van der Waals surface area contributed by atoms with Crippen molar-refractivity contribution in [2.24, 2.45) is 17.8 Å². The molecule has 1 aliphatic carbocycles. The molecule has 0 aromatic carbocycles. The van der Waals surface area contributed by atoms with Crippen LogP contribution in [0.15, 0.2) is 12.7 Å². The minimum absolute atomic E-state index is 0.162. The molecule has 0 aromatic rings. The molecule has 0 saturated heterocycles. The average molecular weight is 230 g/mol. The highest BCUT2D eigenvalue weighted by Gasteiger charge is 2.15. The van der Waals surface area contributed by atoms with Gasteiger partial charge in [-0.05, 0) is 37.0 Å². The third kappa shape index (κ3) is 13.7. The highest BCUT2D eigenvalue weighted by atomic mass is 19.1. The van der Waals surface area contributed by atoms with Crippen LogP contribution in [0, 0.1) is 17.8 Å². The molecule has 2 unspecified atom stereocenters. The Morgan fingerprint density at radius 3 is 1.94 bits per heavy atom. The van der Waals surface area contributed by atoms with Crippen molar-refractivity contribution in [3.05, 3.63) is 12.7 Å². The van der Waals surface area contributed by atoms with Crippen molar-refractivity contribution in [2.75, 3.05) is 6.67 Å². The summed E-state index contributed by atoms with van der Waals surface area (Å²) in [4.78, 5) is 0. The molecule has 0 aromatic heterocycles. The number of hydrogen-bond donors (Lipinski definition) is 0. The molecule has 1 rings (SSSR count). The van der Waals surface area contributed by atoms with Crippen LogP contribution in [0.5, 0.6) is 0 Å². The van der Waals surface area contributed by atoms with E-state index in [1.54, 1.807) is 0 Å². The molecule has 16 heavy (non-hydrogen) atoms. The topological polar surface area (TPSA) is 0 Å². The van der Waals surface area contributed by atoms with Crippen molar-refractivity contribution in [3.8, 4) is 0 Å². The Balaban J connectivity index is 0. The molecule has 1 heteroatoms. The largest absolute Gasteiger partial charge is 0.251 e. The van der Waals surface area contributed by atoms with Crippen LogP contribution in [0.3, 0.4) is 0 Å². The van der Waals surface area contributed by atoms with Gasteiger partial charge in [0.25, 0.3) is 0 Å². The van der Waals surface area contributed by atoms with E-state index in [0.717, 1.165) is 12.3 Å². The van der Waals surface area contributed by atoms with E-state index in [-0.39, 0.29) is 12.6 Å². The number of allylic oxidation sites excluding steroid dienone is 1. The summed E-state index contributed by atoms with van der Waals surface area (Å²) < 4.78 is 11.9. The first-order chi connectivity index (χ1) is 7.63. The van der Waals surface area contributed by atoms with Crippen molar-refractivity contribution >= 4 is 0 Å². The van der Waals surface area contributed by atoms with Gasteiger partial charge < -0.3 is 0 Å². The summed E-state index contributed by atoms with van der Waals surface area (Å²) in [6, 6.07) is 0. The Morgan fingerprint density at radius 1 is 1.25 bits per heavy atom. The molecule has 1 saturated carbocycles. The second-order valence-electron chi connectivity index (χ2n) is 4.58. The minimum Gasteiger partial charge on any atom is -0.251 e. The predicted molar refractivity (Wildman–Crippen MR) is 73.5 cm³/mol. The van der Waals surface area contributed by atoms with Crippen molar-refractivity contribution < 1.29 is 4.39 Å². The molecule has 98 valence electrons. The molecule has 0 amide bonds. The summed E-state index contributed by atoms with van der Waals surface area (Å²) in [5.41, 5.74) is 0. The van der Waals surface area contributed by atoms with E-state index in [1.165, 1.54) is 19.3 Å². The molecule has 0 aliphatic heterocycles. The molecule has 2 atom stereocenters. The minimum atomic E-state index is -0.162. The van der Waals surface area contributed by atoms with Crippen LogP contribution >= 0.6 is 0 Å². The zero-order valence-corrected chi connectivity index (χ0v) is 11.9. The van der Waals surface area contributed by atoms with Crippen LogP contribution in [0.25, 0.3) is 0 Å². The van der Waals surface area contributed by atoms with Crippen LogP contribution in [0.1, 0.15) is 60.3 Å². The third-order valence-electron chi connectivity index (χ3n) is 2.72. The lowest BCUT2D eigenvalue weighted by atomic mass is 9.96. The molecule has 0 nitrogen and oxygen atoms in total. The average Bonchev–Trinajstić information content (AvgIpc) is 3.15. The number of alkyl halides is 1. The van der Waals surface area contributed by atoms with Crippen LogP contribution in [-0.4, -0.2) is 6.67 Å². The van der Waals surface area contributed by atoms with Crippen LogP contribution in [-0.2, 0) is 0 Å².